The number of aliphatic carboxylic acids is 1. The van der Waals surface area contributed by atoms with Gasteiger partial charge in [0.25, 0.3) is 0 Å². The van der Waals surface area contributed by atoms with Gasteiger partial charge in [-0.15, -0.1) is 12.4 Å². The van der Waals surface area contributed by atoms with Gasteiger partial charge in [0.2, 0.25) is 0 Å². The van der Waals surface area contributed by atoms with Crippen LogP contribution in [0.1, 0.15) is 57.9 Å². The first kappa shape index (κ1) is 21.8. The van der Waals surface area contributed by atoms with Crippen LogP contribution in [0.4, 0.5) is 0 Å². The van der Waals surface area contributed by atoms with Crippen LogP contribution in [0.15, 0.2) is 18.2 Å². The molecule has 0 bridgehead atoms. The van der Waals surface area contributed by atoms with Crippen LogP contribution in [0, 0.1) is 0 Å². The molecule has 0 radical (unpaired) electrons. The van der Waals surface area contributed by atoms with E-state index in [0.717, 1.165) is 50.5 Å². The number of benzene rings is 1. The van der Waals surface area contributed by atoms with Crippen LogP contribution in [-0.2, 0) is 10.2 Å². The minimum Gasteiger partial charge on any atom is -0.494 e. The smallest absolute Gasteiger partial charge is 0.320 e. The first-order valence-corrected chi connectivity index (χ1v) is 9.93. The molecule has 2 aliphatic heterocycles. The summed E-state index contributed by atoms with van der Waals surface area (Å²) in [6, 6.07) is 5.75. The highest BCUT2D eigenvalue weighted by molar-refractivity contribution is 5.85. The van der Waals surface area contributed by atoms with Crippen LogP contribution in [0.5, 0.6) is 11.5 Å². The lowest BCUT2D eigenvalue weighted by atomic mass is 9.74. The molecular weight excluding hydrogens is 366 g/mol. The van der Waals surface area contributed by atoms with E-state index in [-0.39, 0.29) is 17.8 Å². The topological polar surface area (TPSA) is 59.0 Å². The van der Waals surface area contributed by atoms with Gasteiger partial charge in [0.1, 0.15) is 17.5 Å². The molecule has 27 heavy (non-hydrogen) atoms. The fourth-order valence-corrected chi connectivity index (χ4v) is 4.06. The van der Waals surface area contributed by atoms with Crippen molar-refractivity contribution in [2.24, 2.45) is 0 Å². The van der Waals surface area contributed by atoms with Crippen LogP contribution >= 0.6 is 12.4 Å². The summed E-state index contributed by atoms with van der Waals surface area (Å²) >= 11 is 0. The van der Waals surface area contributed by atoms with Gasteiger partial charge in [0.05, 0.1) is 13.2 Å². The Morgan fingerprint density at radius 2 is 2.04 bits per heavy atom. The number of piperidine rings is 1. The first-order valence-electron chi connectivity index (χ1n) is 9.93. The molecule has 0 aromatic heterocycles. The van der Waals surface area contributed by atoms with Crippen LogP contribution < -0.4 is 9.47 Å². The molecule has 152 valence electrons. The summed E-state index contributed by atoms with van der Waals surface area (Å²) < 4.78 is 11.9. The third-order valence-corrected chi connectivity index (χ3v) is 5.95. The molecule has 1 saturated heterocycles. The number of hydrogen-bond donors (Lipinski definition) is 1. The Morgan fingerprint density at radius 3 is 2.70 bits per heavy atom. The van der Waals surface area contributed by atoms with Gasteiger partial charge in [-0.3, -0.25) is 9.69 Å². The molecule has 1 aromatic rings. The van der Waals surface area contributed by atoms with Crippen LogP contribution in [0.3, 0.4) is 0 Å². The Hall–Kier alpha value is -1.46. The number of rotatable bonds is 8. The van der Waals surface area contributed by atoms with E-state index in [1.807, 2.05) is 12.1 Å². The van der Waals surface area contributed by atoms with E-state index in [9.17, 15) is 9.90 Å². The lowest BCUT2D eigenvalue weighted by Gasteiger charge is -2.40. The SMILES string of the molecule is CCCCCCOc1ccc2c(c1)C1(CCN(C(C)C(=O)O)CC1)CO2.Cl. The van der Waals surface area contributed by atoms with Crippen molar-refractivity contribution >= 4 is 18.4 Å². The Kier molecular flexibility index (Phi) is 7.80. The van der Waals surface area contributed by atoms with E-state index in [4.69, 9.17) is 9.47 Å². The highest BCUT2D eigenvalue weighted by Crippen LogP contribution is 2.47. The Balaban J connectivity index is 0.00000261. The maximum absolute atomic E-state index is 11.2. The lowest BCUT2D eigenvalue weighted by Crippen LogP contribution is -2.49. The molecule has 6 heteroatoms. The predicted molar refractivity (Wildman–Crippen MR) is 108 cm³/mol. The normalized spacial score (nSPS) is 19.0. The van der Waals surface area contributed by atoms with Crippen LogP contribution in [0.2, 0.25) is 0 Å². The fourth-order valence-electron chi connectivity index (χ4n) is 4.06. The molecule has 1 spiro atoms. The largest absolute Gasteiger partial charge is 0.494 e. The van der Waals surface area contributed by atoms with Gasteiger partial charge in [0, 0.05) is 11.0 Å². The molecule has 0 amide bonds. The summed E-state index contributed by atoms with van der Waals surface area (Å²) in [4.78, 5) is 13.3. The third-order valence-electron chi connectivity index (χ3n) is 5.95. The molecule has 1 N–H and O–H groups in total. The molecule has 1 fully saturated rings. The van der Waals surface area contributed by atoms with Gasteiger partial charge in [-0.25, -0.2) is 0 Å². The average Bonchev–Trinajstić information content (AvgIpc) is 2.99. The predicted octanol–water partition coefficient (Wildman–Crippen LogP) is 4.27. The molecule has 1 aromatic carbocycles. The number of unbranched alkanes of at least 4 members (excludes halogenated alkanes) is 3. The Morgan fingerprint density at radius 1 is 1.30 bits per heavy atom. The van der Waals surface area contributed by atoms with E-state index < -0.39 is 12.0 Å². The monoisotopic (exact) mass is 397 g/mol. The van der Waals surface area contributed by atoms with Crippen molar-refractivity contribution in [3.63, 3.8) is 0 Å². The summed E-state index contributed by atoms with van der Waals surface area (Å²) in [5, 5.41) is 9.24. The van der Waals surface area contributed by atoms with Gasteiger partial charge in [-0.1, -0.05) is 26.2 Å². The fraction of sp³-hybridized carbons (Fsp3) is 0.667. The van der Waals surface area contributed by atoms with Crippen molar-refractivity contribution in [3.05, 3.63) is 23.8 Å². The van der Waals surface area contributed by atoms with E-state index in [1.165, 1.54) is 24.8 Å². The molecule has 1 atom stereocenters. The number of halogens is 1. The Bertz CT molecular complexity index is 629. The number of likely N-dealkylation sites (tertiary alicyclic amines) is 1. The number of fused-ring (bicyclic) bond motifs is 2. The minimum atomic E-state index is -0.747. The molecule has 5 nitrogen and oxygen atoms in total. The maximum atomic E-state index is 11.2. The van der Waals surface area contributed by atoms with E-state index >= 15 is 0 Å². The summed E-state index contributed by atoms with van der Waals surface area (Å²) in [5.41, 5.74) is 1.25. The second-order valence-electron chi connectivity index (χ2n) is 7.69. The van der Waals surface area contributed by atoms with E-state index in [2.05, 4.69) is 17.9 Å². The van der Waals surface area contributed by atoms with Crippen LogP contribution in [0.25, 0.3) is 0 Å². The van der Waals surface area contributed by atoms with Crippen molar-refractivity contribution in [1.29, 1.82) is 0 Å². The minimum absolute atomic E-state index is 0. The van der Waals surface area contributed by atoms with Crippen molar-refractivity contribution in [2.45, 2.75) is 63.8 Å². The molecule has 0 aliphatic carbocycles. The van der Waals surface area contributed by atoms with Gasteiger partial charge < -0.3 is 14.6 Å². The zero-order valence-corrected chi connectivity index (χ0v) is 17.2. The number of ether oxygens (including phenoxy) is 2. The standard InChI is InChI=1S/C21H31NO4.ClH/c1-3-4-5-6-13-25-17-7-8-19-18(14-17)21(15-26-19)9-11-22(12-10-21)16(2)20(23)24;/h7-8,14,16H,3-6,9-13,15H2,1-2H3,(H,23,24);1H. The lowest BCUT2D eigenvalue weighted by molar-refractivity contribution is -0.143. The summed E-state index contributed by atoms with van der Waals surface area (Å²) in [6.07, 6.45) is 6.65. The van der Waals surface area contributed by atoms with Crippen molar-refractivity contribution in [3.8, 4) is 11.5 Å². The number of nitrogens with zero attached hydrogens (tertiary/aromatic N) is 1. The van der Waals surface area contributed by atoms with Gasteiger partial charge in [-0.2, -0.15) is 0 Å². The highest BCUT2D eigenvalue weighted by Gasteiger charge is 2.44. The van der Waals surface area contributed by atoms with Crippen molar-refractivity contribution in [1.82, 2.24) is 4.90 Å². The second-order valence-corrected chi connectivity index (χ2v) is 7.69. The Labute approximate surface area is 168 Å². The molecule has 3 rings (SSSR count). The number of carboxylic acids is 1. The van der Waals surface area contributed by atoms with E-state index in [1.54, 1.807) is 6.92 Å². The molecule has 0 saturated carbocycles. The number of carboxylic acid groups (broad SMARTS) is 1. The van der Waals surface area contributed by atoms with Gasteiger partial charge in [0.15, 0.2) is 0 Å². The van der Waals surface area contributed by atoms with Crippen LogP contribution in [-0.4, -0.2) is 48.3 Å². The number of carbonyl (C=O) groups is 1. The maximum Gasteiger partial charge on any atom is 0.320 e. The van der Waals surface area contributed by atoms with Crippen molar-refractivity contribution in [2.75, 3.05) is 26.3 Å². The molecule has 2 heterocycles. The summed E-state index contributed by atoms with van der Waals surface area (Å²) in [5.74, 6) is 1.14. The van der Waals surface area contributed by atoms with Crippen molar-refractivity contribution < 1.29 is 19.4 Å². The quantitative estimate of drug-likeness (QED) is 0.664. The van der Waals surface area contributed by atoms with Gasteiger partial charge >= 0.3 is 5.97 Å². The summed E-state index contributed by atoms with van der Waals surface area (Å²) in [6.45, 7) is 7.01. The third kappa shape index (κ3) is 4.88. The highest BCUT2D eigenvalue weighted by atomic mass is 35.5. The average molecular weight is 398 g/mol. The molecular formula is C21H32ClNO4. The zero-order chi connectivity index (χ0) is 18.6. The zero-order valence-electron chi connectivity index (χ0n) is 16.4. The second kappa shape index (κ2) is 9.65. The van der Waals surface area contributed by atoms with Gasteiger partial charge in [-0.05, 0) is 57.5 Å². The molecule has 1 unspecified atom stereocenters. The molecule has 2 aliphatic rings. The summed E-state index contributed by atoms with van der Waals surface area (Å²) in [7, 11) is 0. The van der Waals surface area contributed by atoms with E-state index in [0.29, 0.717) is 6.61 Å². The first-order chi connectivity index (χ1) is 12.6. The number of hydrogen-bond acceptors (Lipinski definition) is 4.